The van der Waals surface area contributed by atoms with Gasteiger partial charge >= 0.3 is 0 Å². The van der Waals surface area contributed by atoms with Crippen LogP contribution in [-0.2, 0) is 11.3 Å². The number of methoxy groups -OCH3 is 1. The molecule has 2 saturated heterocycles. The summed E-state index contributed by atoms with van der Waals surface area (Å²) in [6.45, 7) is 3.81. The molecule has 2 aliphatic rings. The van der Waals surface area contributed by atoms with Crippen molar-refractivity contribution < 1.29 is 19.4 Å². The average Bonchev–Trinajstić information content (AvgIpc) is 2.81. The van der Waals surface area contributed by atoms with Gasteiger partial charge in [0.15, 0.2) is 0 Å². The topological polar surface area (TPSA) is 73.3 Å². The number of nitrogens with zero attached hydrogens (tertiary/aromatic N) is 3. The minimum atomic E-state index is -0.194. The largest absolute Gasteiger partial charge is 0.507 e. The third-order valence-corrected chi connectivity index (χ3v) is 6.20. The second-order valence-corrected chi connectivity index (χ2v) is 8.11. The first-order valence-corrected chi connectivity index (χ1v) is 10.8. The summed E-state index contributed by atoms with van der Waals surface area (Å²) in [5.74, 6) is 0.420. The molecule has 0 saturated carbocycles. The van der Waals surface area contributed by atoms with Gasteiger partial charge in [0.05, 0.1) is 18.7 Å². The lowest BCUT2D eigenvalue weighted by Gasteiger charge is -2.42. The number of ether oxygens (including phenoxy) is 1. The Balaban J connectivity index is 1.35. The molecule has 2 heterocycles. The average molecular weight is 424 g/mol. The first kappa shape index (κ1) is 21.2. The smallest absolute Gasteiger partial charge is 0.257 e. The van der Waals surface area contributed by atoms with E-state index in [1.165, 1.54) is 13.2 Å². The van der Waals surface area contributed by atoms with E-state index in [0.717, 1.165) is 24.9 Å². The molecule has 0 aromatic heterocycles. The van der Waals surface area contributed by atoms with Gasteiger partial charge in [0.2, 0.25) is 5.91 Å². The zero-order chi connectivity index (χ0) is 21.8. The molecule has 1 unspecified atom stereocenters. The van der Waals surface area contributed by atoms with Crippen molar-refractivity contribution in [2.75, 3.05) is 39.8 Å². The first-order valence-electron chi connectivity index (χ1n) is 10.8. The van der Waals surface area contributed by atoms with E-state index in [1.54, 1.807) is 17.0 Å². The quantitative estimate of drug-likeness (QED) is 0.799. The minimum Gasteiger partial charge on any atom is -0.507 e. The molecule has 1 atom stereocenters. The SMILES string of the molecule is COc1ccc(C(=O)N2CCN(C3CCCN(Cc4ccccc4)C3=O)CC2)c(O)c1. The van der Waals surface area contributed by atoms with Crippen LogP contribution in [0.4, 0.5) is 0 Å². The molecule has 0 radical (unpaired) electrons. The van der Waals surface area contributed by atoms with Gasteiger partial charge in [-0.25, -0.2) is 0 Å². The van der Waals surface area contributed by atoms with E-state index >= 15 is 0 Å². The molecular weight excluding hydrogens is 394 g/mol. The standard InChI is InChI=1S/C24H29N3O4/c1-31-19-9-10-20(22(28)16-19)23(29)26-14-12-25(13-15-26)21-8-5-11-27(24(21)30)17-18-6-3-2-4-7-18/h2-4,6-7,9-10,16,21,28H,5,8,11-15,17H2,1H3. The van der Waals surface area contributed by atoms with E-state index in [4.69, 9.17) is 4.74 Å². The Morgan fingerprint density at radius 1 is 1.06 bits per heavy atom. The van der Waals surface area contributed by atoms with E-state index in [-0.39, 0.29) is 29.2 Å². The normalized spacial score (nSPS) is 20.0. The Kier molecular flexibility index (Phi) is 6.42. The summed E-state index contributed by atoms with van der Waals surface area (Å²) in [6.07, 6.45) is 1.85. The number of phenols is 1. The summed E-state index contributed by atoms with van der Waals surface area (Å²) in [7, 11) is 1.52. The summed E-state index contributed by atoms with van der Waals surface area (Å²) in [5.41, 5.74) is 1.42. The number of hydrogen-bond donors (Lipinski definition) is 1. The lowest BCUT2D eigenvalue weighted by atomic mass is 10.0. The lowest BCUT2D eigenvalue weighted by Crippen LogP contribution is -2.58. The van der Waals surface area contributed by atoms with Crippen LogP contribution in [0.15, 0.2) is 48.5 Å². The number of hydrogen-bond acceptors (Lipinski definition) is 5. The highest BCUT2D eigenvalue weighted by Crippen LogP contribution is 2.26. The predicted molar refractivity (Wildman–Crippen MR) is 117 cm³/mol. The van der Waals surface area contributed by atoms with Crippen molar-refractivity contribution in [1.82, 2.24) is 14.7 Å². The number of aromatic hydroxyl groups is 1. The fourth-order valence-corrected chi connectivity index (χ4v) is 4.45. The van der Waals surface area contributed by atoms with Gasteiger partial charge in [0.25, 0.3) is 5.91 Å². The van der Waals surface area contributed by atoms with Crippen LogP contribution in [0.1, 0.15) is 28.8 Å². The maximum atomic E-state index is 13.1. The molecule has 0 aliphatic carbocycles. The molecule has 7 nitrogen and oxygen atoms in total. The Labute approximate surface area is 182 Å². The molecule has 4 rings (SSSR count). The molecule has 0 spiro atoms. The molecule has 2 fully saturated rings. The summed E-state index contributed by atoms with van der Waals surface area (Å²) < 4.78 is 5.09. The zero-order valence-corrected chi connectivity index (χ0v) is 17.9. The molecule has 2 aromatic rings. The summed E-state index contributed by atoms with van der Waals surface area (Å²) in [4.78, 5) is 31.9. The second-order valence-electron chi connectivity index (χ2n) is 8.11. The third kappa shape index (κ3) is 4.66. The van der Waals surface area contributed by atoms with Crippen LogP contribution in [0, 0.1) is 0 Å². The number of piperazine rings is 1. The Morgan fingerprint density at radius 2 is 1.81 bits per heavy atom. The predicted octanol–water partition coefficient (Wildman–Crippen LogP) is 2.35. The highest BCUT2D eigenvalue weighted by Gasteiger charge is 2.35. The lowest BCUT2D eigenvalue weighted by molar-refractivity contribution is -0.141. The van der Waals surface area contributed by atoms with Gasteiger partial charge in [-0.05, 0) is 30.5 Å². The van der Waals surface area contributed by atoms with Crippen molar-refractivity contribution >= 4 is 11.8 Å². The van der Waals surface area contributed by atoms with Crippen molar-refractivity contribution in [3.63, 3.8) is 0 Å². The maximum absolute atomic E-state index is 13.1. The van der Waals surface area contributed by atoms with Crippen molar-refractivity contribution in [1.29, 1.82) is 0 Å². The minimum absolute atomic E-state index is 0.0780. The fourth-order valence-electron chi connectivity index (χ4n) is 4.45. The molecule has 7 heteroatoms. The van der Waals surface area contributed by atoms with E-state index in [2.05, 4.69) is 17.0 Å². The Morgan fingerprint density at radius 3 is 2.48 bits per heavy atom. The van der Waals surface area contributed by atoms with Gasteiger partial charge < -0.3 is 19.6 Å². The van der Waals surface area contributed by atoms with Gasteiger partial charge in [-0.15, -0.1) is 0 Å². The molecule has 2 aliphatic heterocycles. The van der Waals surface area contributed by atoms with Crippen LogP contribution >= 0.6 is 0 Å². The van der Waals surface area contributed by atoms with Crippen molar-refractivity contribution in [3.05, 3.63) is 59.7 Å². The van der Waals surface area contributed by atoms with Gasteiger partial charge in [-0.1, -0.05) is 30.3 Å². The number of phenolic OH excluding ortho intramolecular Hbond substituents is 1. The number of carbonyl (C=O) groups is 2. The van der Waals surface area contributed by atoms with Crippen LogP contribution in [0.3, 0.4) is 0 Å². The van der Waals surface area contributed by atoms with Gasteiger partial charge in [0.1, 0.15) is 11.5 Å². The highest BCUT2D eigenvalue weighted by molar-refractivity contribution is 5.97. The molecule has 1 N–H and O–H groups in total. The second kappa shape index (κ2) is 9.39. The third-order valence-electron chi connectivity index (χ3n) is 6.20. The molecule has 31 heavy (non-hydrogen) atoms. The van der Waals surface area contributed by atoms with Gasteiger partial charge in [0, 0.05) is 45.3 Å². The maximum Gasteiger partial charge on any atom is 0.257 e. The first-order chi connectivity index (χ1) is 15.1. The van der Waals surface area contributed by atoms with Crippen molar-refractivity contribution in [3.8, 4) is 11.5 Å². The van der Waals surface area contributed by atoms with Crippen LogP contribution in [0.5, 0.6) is 11.5 Å². The number of amides is 2. The molecule has 164 valence electrons. The van der Waals surface area contributed by atoms with Crippen molar-refractivity contribution in [2.45, 2.75) is 25.4 Å². The van der Waals surface area contributed by atoms with Crippen LogP contribution in [-0.4, -0.2) is 77.5 Å². The fraction of sp³-hybridized carbons (Fsp3) is 0.417. The van der Waals surface area contributed by atoms with Crippen molar-refractivity contribution in [2.24, 2.45) is 0 Å². The van der Waals surface area contributed by atoms with Gasteiger partial charge in [-0.3, -0.25) is 14.5 Å². The Bertz CT molecular complexity index is 926. The van der Waals surface area contributed by atoms with E-state index in [0.29, 0.717) is 38.5 Å². The highest BCUT2D eigenvalue weighted by atomic mass is 16.5. The van der Waals surface area contributed by atoms with Crippen LogP contribution in [0.2, 0.25) is 0 Å². The summed E-state index contributed by atoms with van der Waals surface area (Å²) in [5, 5.41) is 10.2. The molecule has 2 amide bonds. The molecule has 0 bridgehead atoms. The number of piperidine rings is 1. The van der Waals surface area contributed by atoms with Gasteiger partial charge in [-0.2, -0.15) is 0 Å². The van der Waals surface area contributed by atoms with Crippen LogP contribution < -0.4 is 4.74 Å². The van der Waals surface area contributed by atoms with E-state index in [9.17, 15) is 14.7 Å². The monoisotopic (exact) mass is 423 g/mol. The molecular formula is C24H29N3O4. The Hall–Kier alpha value is -3.06. The summed E-state index contributed by atoms with van der Waals surface area (Å²) in [6, 6.07) is 14.7. The summed E-state index contributed by atoms with van der Waals surface area (Å²) >= 11 is 0. The number of likely N-dealkylation sites (tertiary alicyclic amines) is 1. The molecule has 2 aromatic carbocycles. The zero-order valence-electron chi connectivity index (χ0n) is 17.9. The number of carbonyl (C=O) groups excluding carboxylic acids is 2. The number of benzene rings is 2. The number of rotatable bonds is 5. The van der Waals surface area contributed by atoms with Crippen LogP contribution in [0.25, 0.3) is 0 Å². The van der Waals surface area contributed by atoms with E-state index in [1.807, 2.05) is 23.1 Å². The van der Waals surface area contributed by atoms with E-state index < -0.39 is 0 Å².